The van der Waals surface area contributed by atoms with Crippen molar-refractivity contribution < 1.29 is 19.7 Å². The van der Waals surface area contributed by atoms with Crippen LogP contribution in [0.2, 0.25) is 0 Å². The largest absolute Gasteiger partial charge is 0.394 e. The highest BCUT2D eigenvalue weighted by molar-refractivity contribution is 9.10. The van der Waals surface area contributed by atoms with E-state index < -0.39 is 12.4 Å². The molecule has 3 atom stereocenters. The quantitative estimate of drug-likeness (QED) is 0.865. The van der Waals surface area contributed by atoms with E-state index in [1.54, 1.807) is 0 Å². The SMILES string of the molecule is OCC1CC(O)CC(OCCc2ccc(Br)cc2)O1. The van der Waals surface area contributed by atoms with Gasteiger partial charge in [-0.25, -0.2) is 0 Å². The van der Waals surface area contributed by atoms with E-state index in [-0.39, 0.29) is 12.7 Å². The van der Waals surface area contributed by atoms with Crippen molar-refractivity contribution in [3.63, 3.8) is 0 Å². The van der Waals surface area contributed by atoms with Crippen molar-refractivity contribution in [1.82, 2.24) is 0 Å². The number of halogens is 1. The van der Waals surface area contributed by atoms with Crippen molar-refractivity contribution in [2.24, 2.45) is 0 Å². The third kappa shape index (κ3) is 4.85. The molecule has 0 aliphatic carbocycles. The van der Waals surface area contributed by atoms with Gasteiger partial charge in [-0.1, -0.05) is 28.1 Å². The predicted octanol–water partition coefficient (Wildman–Crippen LogP) is 1.87. The van der Waals surface area contributed by atoms with E-state index in [9.17, 15) is 5.11 Å². The van der Waals surface area contributed by atoms with Crippen LogP contribution in [0.3, 0.4) is 0 Å². The Kier molecular flexibility index (Phi) is 5.78. The maximum Gasteiger partial charge on any atom is 0.160 e. The van der Waals surface area contributed by atoms with Crippen LogP contribution in [0.4, 0.5) is 0 Å². The molecule has 0 bridgehead atoms. The van der Waals surface area contributed by atoms with Crippen LogP contribution in [0, 0.1) is 0 Å². The zero-order valence-electron chi connectivity index (χ0n) is 10.7. The van der Waals surface area contributed by atoms with Crippen molar-refractivity contribution >= 4 is 15.9 Å². The summed E-state index contributed by atoms with van der Waals surface area (Å²) >= 11 is 3.39. The number of aliphatic hydroxyl groups excluding tert-OH is 2. The van der Waals surface area contributed by atoms with E-state index in [4.69, 9.17) is 14.6 Å². The van der Waals surface area contributed by atoms with Gasteiger partial charge in [0.05, 0.1) is 25.4 Å². The predicted molar refractivity (Wildman–Crippen MR) is 74.8 cm³/mol. The Hall–Kier alpha value is -0.460. The van der Waals surface area contributed by atoms with E-state index in [2.05, 4.69) is 15.9 Å². The first-order valence-electron chi connectivity index (χ1n) is 6.48. The maximum absolute atomic E-state index is 9.65. The summed E-state index contributed by atoms with van der Waals surface area (Å²) in [6.07, 6.45) is 0.550. The van der Waals surface area contributed by atoms with E-state index in [0.29, 0.717) is 19.4 Å². The fraction of sp³-hybridized carbons (Fsp3) is 0.571. The molecule has 0 radical (unpaired) electrons. The van der Waals surface area contributed by atoms with Gasteiger partial charge in [-0.3, -0.25) is 0 Å². The average Bonchev–Trinajstić information content (AvgIpc) is 2.40. The first-order valence-corrected chi connectivity index (χ1v) is 7.27. The van der Waals surface area contributed by atoms with Gasteiger partial charge in [0.15, 0.2) is 6.29 Å². The molecule has 3 unspecified atom stereocenters. The second-order valence-corrected chi connectivity index (χ2v) is 5.66. The maximum atomic E-state index is 9.65. The molecule has 5 heteroatoms. The van der Waals surface area contributed by atoms with Crippen molar-refractivity contribution in [1.29, 1.82) is 0 Å². The third-order valence-electron chi connectivity index (χ3n) is 3.16. The van der Waals surface area contributed by atoms with Crippen molar-refractivity contribution in [2.45, 2.75) is 37.8 Å². The molecule has 0 amide bonds. The van der Waals surface area contributed by atoms with E-state index >= 15 is 0 Å². The van der Waals surface area contributed by atoms with Crippen LogP contribution in [0.5, 0.6) is 0 Å². The van der Waals surface area contributed by atoms with Gasteiger partial charge in [-0.15, -0.1) is 0 Å². The molecule has 0 aromatic heterocycles. The Balaban J connectivity index is 1.74. The fourth-order valence-electron chi connectivity index (χ4n) is 2.13. The normalized spacial score (nSPS) is 27.4. The highest BCUT2D eigenvalue weighted by atomic mass is 79.9. The highest BCUT2D eigenvalue weighted by Gasteiger charge is 2.28. The number of rotatable bonds is 5. The molecular formula is C14H19BrO4. The van der Waals surface area contributed by atoms with Crippen LogP contribution in [0.15, 0.2) is 28.7 Å². The van der Waals surface area contributed by atoms with Gasteiger partial charge in [-0.05, 0) is 24.1 Å². The molecule has 1 heterocycles. The average molecular weight is 331 g/mol. The van der Waals surface area contributed by atoms with E-state index in [1.807, 2.05) is 24.3 Å². The van der Waals surface area contributed by atoms with Crippen LogP contribution in [-0.2, 0) is 15.9 Å². The molecular weight excluding hydrogens is 312 g/mol. The van der Waals surface area contributed by atoms with Gasteiger partial charge in [0.1, 0.15) is 0 Å². The topological polar surface area (TPSA) is 58.9 Å². The van der Waals surface area contributed by atoms with Gasteiger partial charge in [0.25, 0.3) is 0 Å². The van der Waals surface area contributed by atoms with Crippen molar-refractivity contribution in [3.8, 4) is 0 Å². The van der Waals surface area contributed by atoms with E-state index in [0.717, 1.165) is 10.9 Å². The smallest absolute Gasteiger partial charge is 0.160 e. The molecule has 1 aromatic rings. The zero-order chi connectivity index (χ0) is 13.7. The Labute approximate surface area is 121 Å². The van der Waals surface area contributed by atoms with Crippen LogP contribution in [0.1, 0.15) is 18.4 Å². The molecule has 106 valence electrons. The highest BCUT2D eigenvalue weighted by Crippen LogP contribution is 2.20. The zero-order valence-corrected chi connectivity index (χ0v) is 12.3. The summed E-state index contributed by atoms with van der Waals surface area (Å²) in [5, 5.41) is 18.7. The lowest BCUT2D eigenvalue weighted by atomic mass is 10.1. The Morgan fingerprint density at radius 3 is 2.68 bits per heavy atom. The second kappa shape index (κ2) is 7.36. The standard InChI is InChI=1S/C14H19BrO4/c15-11-3-1-10(2-4-11)5-6-18-14-8-12(17)7-13(9-16)19-14/h1-4,12-14,16-17H,5-9H2. The fourth-order valence-corrected chi connectivity index (χ4v) is 2.40. The minimum Gasteiger partial charge on any atom is -0.394 e. The molecule has 1 aliphatic heterocycles. The Bertz CT molecular complexity index is 382. The summed E-state index contributed by atoms with van der Waals surface area (Å²) in [6.45, 7) is 0.459. The van der Waals surface area contributed by atoms with Gasteiger partial charge in [0.2, 0.25) is 0 Å². The molecule has 2 rings (SSSR count). The molecule has 2 N–H and O–H groups in total. The van der Waals surface area contributed by atoms with Crippen LogP contribution < -0.4 is 0 Å². The van der Waals surface area contributed by atoms with Crippen LogP contribution in [0.25, 0.3) is 0 Å². The Morgan fingerprint density at radius 1 is 1.26 bits per heavy atom. The lowest BCUT2D eigenvalue weighted by molar-refractivity contribution is -0.221. The summed E-state index contributed by atoms with van der Waals surface area (Å²) in [4.78, 5) is 0. The summed E-state index contributed by atoms with van der Waals surface area (Å²) in [5.74, 6) is 0. The number of ether oxygens (including phenoxy) is 2. The lowest BCUT2D eigenvalue weighted by Crippen LogP contribution is -2.39. The molecule has 1 aliphatic rings. The van der Waals surface area contributed by atoms with Crippen molar-refractivity contribution in [2.75, 3.05) is 13.2 Å². The molecule has 1 fully saturated rings. The van der Waals surface area contributed by atoms with Gasteiger partial charge in [0, 0.05) is 17.3 Å². The van der Waals surface area contributed by atoms with E-state index in [1.165, 1.54) is 5.56 Å². The van der Waals surface area contributed by atoms with Gasteiger partial charge >= 0.3 is 0 Å². The minimum atomic E-state index is -0.455. The molecule has 0 spiro atoms. The van der Waals surface area contributed by atoms with Gasteiger partial charge in [-0.2, -0.15) is 0 Å². The molecule has 1 aromatic carbocycles. The number of aliphatic hydroxyl groups is 2. The first kappa shape index (κ1) is 14.9. The minimum absolute atomic E-state index is 0.0797. The molecule has 19 heavy (non-hydrogen) atoms. The summed E-state index contributed by atoms with van der Waals surface area (Å²) in [7, 11) is 0. The molecule has 0 saturated carbocycles. The summed E-state index contributed by atoms with van der Waals surface area (Å²) in [5.41, 5.74) is 1.19. The third-order valence-corrected chi connectivity index (χ3v) is 3.68. The second-order valence-electron chi connectivity index (χ2n) is 4.74. The summed E-state index contributed by atoms with van der Waals surface area (Å²) in [6, 6.07) is 8.08. The molecule has 1 saturated heterocycles. The monoisotopic (exact) mass is 330 g/mol. The number of hydrogen-bond acceptors (Lipinski definition) is 4. The lowest BCUT2D eigenvalue weighted by Gasteiger charge is -2.32. The Morgan fingerprint density at radius 2 is 2.00 bits per heavy atom. The van der Waals surface area contributed by atoms with Crippen molar-refractivity contribution in [3.05, 3.63) is 34.3 Å². The number of benzene rings is 1. The molecule has 4 nitrogen and oxygen atoms in total. The van der Waals surface area contributed by atoms with Crippen LogP contribution >= 0.6 is 15.9 Å². The summed E-state index contributed by atoms with van der Waals surface area (Å²) < 4.78 is 12.2. The first-order chi connectivity index (χ1) is 9.17. The van der Waals surface area contributed by atoms with Crippen LogP contribution in [-0.4, -0.2) is 41.9 Å². The van der Waals surface area contributed by atoms with Gasteiger partial charge < -0.3 is 19.7 Å². The number of hydrogen-bond donors (Lipinski definition) is 2.